The summed E-state index contributed by atoms with van der Waals surface area (Å²) >= 11 is 0. The van der Waals surface area contributed by atoms with Crippen LogP contribution in [-0.2, 0) is 9.59 Å². The standard InChI is InChI=1S/C11H20N2O2/c1-3-10(14)13(2)9-6-4-8(5-7-9)11(12)15/h8-9H,3-7H2,1-2H3,(H2,12,15). The Kier molecular flexibility index (Phi) is 4.12. The van der Waals surface area contributed by atoms with Gasteiger partial charge in [-0.05, 0) is 25.7 Å². The van der Waals surface area contributed by atoms with E-state index in [1.165, 1.54) is 0 Å². The van der Waals surface area contributed by atoms with Crippen molar-refractivity contribution >= 4 is 11.8 Å². The van der Waals surface area contributed by atoms with Crippen molar-refractivity contribution in [2.75, 3.05) is 7.05 Å². The number of nitrogens with zero attached hydrogens (tertiary/aromatic N) is 1. The average Bonchev–Trinajstić information content (AvgIpc) is 2.27. The lowest BCUT2D eigenvalue weighted by molar-refractivity contribution is -0.132. The molecule has 0 aromatic carbocycles. The Morgan fingerprint density at radius 3 is 2.20 bits per heavy atom. The van der Waals surface area contributed by atoms with Crippen LogP contribution in [0, 0.1) is 5.92 Å². The van der Waals surface area contributed by atoms with Gasteiger partial charge in [0.1, 0.15) is 0 Å². The van der Waals surface area contributed by atoms with Gasteiger partial charge in [-0.1, -0.05) is 6.92 Å². The lowest BCUT2D eigenvalue weighted by Gasteiger charge is -2.33. The normalized spacial score (nSPS) is 26.0. The maximum atomic E-state index is 11.5. The Balaban J connectivity index is 2.43. The van der Waals surface area contributed by atoms with Gasteiger partial charge in [-0.15, -0.1) is 0 Å². The number of nitrogens with two attached hydrogens (primary N) is 1. The summed E-state index contributed by atoms with van der Waals surface area (Å²) < 4.78 is 0. The van der Waals surface area contributed by atoms with Crippen LogP contribution in [0.25, 0.3) is 0 Å². The topological polar surface area (TPSA) is 63.4 Å². The molecule has 4 nitrogen and oxygen atoms in total. The van der Waals surface area contributed by atoms with E-state index in [1.807, 2.05) is 18.9 Å². The van der Waals surface area contributed by atoms with Gasteiger partial charge in [-0.2, -0.15) is 0 Å². The summed E-state index contributed by atoms with van der Waals surface area (Å²) in [6.07, 6.45) is 3.99. The molecule has 1 aliphatic carbocycles. The predicted molar refractivity (Wildman–Crippen MR) is 58.0 cm³/mol. The zero-order chi connectivity index (χ0) is 11.4. The maximum absolute atomic E-state index is 11.5. The van der Waals surface area contributed by atoms with Crippen molar-refractivity contribution in [1.82, 2.24) is 4.90 Å². The van der Waals surface area contributed by atoms with E-state index >= 15 is 0 Å². The first-order valence-electron chi connectivity index (χ1n) is 5.61. The van der Waals surface area contributed by atoms with Gasteiger partial charge in [0.05, 0.1) is 0 Å². The van der Waals surface area contributed by atoms with Gasteiger partial charge in [0.2, 0.25) is 11.8 Å². The van der Waals surface area contributed by atoms with Crippen molar-refractivity contribution in [1.29, 1.82) is 0 Å². The molecule has 1 rings (SSSR count). The molecular formula is C11H20N2O2. The first-order valence-corrected chi connectivity index (χ1v) is 5.61. The van der Waals surface area contributed by atoms with E-state index in [-0.39, 0.29) is 17.7 Å². The lowest BCUT2D eigenvalue weighted by Crippen LogP contribution is -2.40. The zero-order valence-corrected chi connectivity index (χ0v) is 9.53. The number of amides is 2. The van der Waals surface area contributed by atoms with Gasteiger partial charge in [-0.25, -0.2) is 0 Å². The van der Waals surface area contributed by atoms with Crippen LogP contribution in [0.15, 0.2) is 0 Å². The van der Waals surface area contributed by atoms with E-state index < -0.39 is 0 Å². The molecule has 86 valence electrons. The van der Waals surface area contributed by atoms with Crippen LogP contribution in [0.1, 0.15) is 39.0 Å². The number of rotatable bonds is 3. The van der Waals surface area contributed by atoms with Crippen molar-refractivity contribution in [3.05, 3.63) is 0 Å². The SMILES string of the molecule is CCC(=O)N(C)C1CCC(C(N)=O)CC1. The Morgan fingerprint density at radius 1 is 1.27 bits per heavy atom. The molecular weight excluding hydrogens is 192 g/mol. The molecule has 4 heteroatoms. The highest BCUT2D eigenvalue weighted by Gasteiger charge is 2.28. The van der Waals surface area contributed by atoms with Crippen molar-refractivity contribution in [3.63, 3.8) is 0 Å². The van der Waals surface area contributed by atoms with Crippen LogP contribution in [-0.4, -0.2) is 29.8 Å². The predicted octanol–water partition coefficient (Wildman–Crippen LogP) is 0.899. The molecule has 0 aliphatic heterocycles. The molecule has 0 bridgehead atoms. The molecule has 0 aromatic heterocycles. The highest BCUT2D eigenvalue weighted by Crippen LogP contribution is 2.26. The Labute approximate surface area is 90.8 Å². The van der Waals surface area contributed by atoms with Crippen LogP contribution < -0.4 is 5.73 Å². The summed E-state index contributed by atoms with van der Waals surface area (Å²) in [5.74, 6) is 0.00169. The fourth-order valence-corrected chi connectivity index (χ4v) is 2.20. The summed E-state index contributed by atoms with van der Waals surface area (Å²) in [6.45, 7) is 1.87. The molecule has 0 unspecified atom stereocenters. The minimum absolute atomic E-state index is 0.0198. The van der Waals surface area contributed by atoms with E-state index in [0.717, 1.165) is 25.7 Å². The molecule has 0 atom stereocenters. The minimum atomic E-state index is -0.196. The zero-order valence-electron chi connectivity index (χ0n) is 9.53. The van der Waals surface area contributed by atoms with Gasteiger partial charge in [0, 0.05) is 25.4 Å². The fourth-order valence-electron chi connectivity index (χ4n) is 2.20. The number of carbonyl (C=O) groups is 2. The monoisotopic (exact) mass is 212 g/mol. The Hall–Kier alpha value is -1.06. The second-order valence-electron chi connectivity index (χ2n) is 4.27. The Bertz CT molecular complexity index is 245. The molecule has 1 aliphatic rings. The van der Waals surface area contributed by atoms with Crippen molar-refractivity contribution < 1.29 is 9.59 Å². The van der Waals surface area contributed by atoms with Crippen LogP contribution in [0.5, 0.6) is 0 Å². The molecule has 1 saturated carbocycles. The van der Waals surface area contributed by atoms with E-state index in [9.17, 15) is 9.59 Å². The van der Waals surface area contributed by atoms with Gasteiger partial charge in [0.15, 0.2) is 0 Å². The Morgan fingerprint density at radius 2 is 1.80 bits per heavy atom. The number of primary amides is 1. The number of hydrogen-bond acceptors (Lipinski definition) is 2. The van der Waals surface area contributed by atoms with Crippen molar-refractivity contribution in [2.45, 2.75) is 45.1 Å². The third-order valence-electron chi connectivity index (χ3n) is 3.34. The first-order chi connectivity index (χ1) is 7.06. The first kappa shape index (κ1) is 12.0. The quantitative estimate of drug-likeness (QED) is 0.755. The van der Waals surface area contributed by atoms with Gasteiger partial charge in [-0.3, -0.25) is 9.59 Å². The van der Waals surface area contributed by atoms with Gasteiger partial charge < -0.3 is 10.6 Å². The molecule has 15 heavy (non-hydrogen) atoms. The van der Waals surface area contributed by atoms with Gasteiger partial charge in [0.25, 0.3) is 0 Å². The summed E-state index contributed by atoms with van der Waals surface area (Å²) in [6, 6.07) is 0.299. The van der Waals surface area contributed by atoms with Gasteiger partial charge >= 0.3 is 0 Å². The van der Waals surface area contributed by atoms with Crippen LogP contribution in [0.3, 0.4) is 0 Å². The van der Waals surface area contributed by atoms with Crippen LogP contribution in [0.2, 0.25) is 0 Å². The minimum Gasteiger partial charge on any atom is -0.369 e. The largest absolute Gasteiger partial charge is 0.369 e. The molecule has 0 spiro atoms. The maximum Gasteiger partial charge on any atom is 0.222 e. The third kappa shape index (κ3) is 2.94. The van der Waals surface area contributed by atoms with Crippen LogP contribution >= 0.6 is 0 Å². The summed E-state index contributed by atoms with van der Waals surface area (Å²) in [5, 5.41) is 0. The highest BCUT2D eigenvalue weighted by atomic mass is 16.2. The highest BCUT2D eigenvalue weighted by molar-refractivity contribution is 5.77. The van der Waals surface area contributed by atoms with E-state index in [0.29, 0.717) is 12.5 Å². The molecule has 0 radical (unpaired) electrons. The molecule has 1 fully saturated rings. The second kappa shape index (κ2) is 5.14. The molecule has 0 saturated heterocycles. The second-order valence-corrected chi connectivity index (χ2v) is 4.27. The summed E-state index contributed by atoms with van der Waals surface area (Å²) in [7, 11) is 1.85. The number of carbonyl (C=O) groups excluding carboxylic acids is 2. The third-order valence-corrected chi connectivity index (χ3v) is 3.34. The lowest BCUT2D eigenvalue weighted by atomic mass is 9.85. The summed E-state index contributed by atoms with van der Waals surface area (Å²) in [4.78, 5) is 24.2. The fraction of sp³-hybridized carbons (Fsp3) is 0.818. The van der Waals surface area contributed by atoms with Crippen LogP contribution in [0.4, 0.5) is 0 Å². The van der Waals surface area contributed by atoms with Crippen molar-refractivity contribution in [3.8, 4) is 0 Å². The molecule has 2 N–H and O–H groups in total. The van der Waals surface area contributed by atoms with Crippen molar-refractivity contribution in [2.24, 2.45) is 11.7 Å². The smallest absolute Gasteiger partial charge is 0.222 e. The van der Waals surface area contributed by atoms with E-state index in [1.54, 1.807) is 0 Å². The van der Waals surface area contributed by atoms with E-state index in [2.05, 4.69) is 0 Å². The molecule has 2 amide bonds. The number of hydrogen-bond donors (Lipinski definition) is 1. The molecule has 0 aromatic rings. The molecule has 0 heterocycles. The van der Waals surface area contributed by atoms with E-state index in [4.69, 9.17) is 5.73 Å². The summed E-state index contributed by atoms with van der Waals surface area (Å²) in [5.41, 5.74) is 5.26. The average molecular weight is 212 g/mol.